The second-order valence-corrected chi connectivity index (χ2v) is 6.70. The summed E-state index contributed by atoms with van der Waals surface area (Å²) in [5.74, 6) is 0. The van der Waals surface area contributed by atoms with Crippen LogP contribution in [-0.4, -0.2) is 23.3 Å². The molecule has 0 fully saturated rings. The van der Waals surface area contributed by atoms with Crippen LogP contribution < -0.4 is 0 Å². The van der Waals surface area contributed by atoms with Gasteiger partial charge in [-0.2, -0.15) is 0 Å². The topological polar surface area (TPSA) is 3.01 Å². The molecule has 0 radical (unpaired) electrons. The first-order chi connectivity index (χ1) is 8.56. The first-order valence-corrected chi connectivity index (χ1v) is 8.35. The van der Waals surface area contributed by atoms with E-state index < -0.39 is 0 Å². The zero-order valence-corrected chi connectivity index (χ0v) is 13.5. The third-order valence-corrected chi connectivity index (χ3v) is 4.98. The summed E-state index contributed by atoms with van der Waals surface area (Å²) in [7, 11) is 0. The molecule has 0 unspecified atom stereocenters. The zero-order chi connectivity index (χ0) is 13.6. The standard InChI is InChI=1S/C15H33B2N/c1-6-16(7-2)18-15(4,5)13-11-9-10-12-14-17(18)8-3/h6-14H2,1-5H3. The second-order valence-electron chi connectivity index (χ2n) is 6.70. The van der Waals surface area contributed by atoms with Crippen LogP contribution in [0.25, 0.3) is 0 Å². The van der Waals surface area contributed by atoms with Crippen LogP contribution in [0, 0.1) is 0 Å². The lowest BCUT2D eigenvalue weighted by Gasteiger charge is -2.39. The van der Waals surface area contributed by atoms with Gasteiger partial charge in [0, 0.05) is 6.42 Å². The van der Waals surface area contributed by atoms with E-state index in [2.05, 4.69) is 39.0 Å². The Morgan fingerprint density at radius 3 is 2.17 bits per heavy atom. The van der Waals surface area contributed by atoms with Crippen LogP contribution in [0.4, 0.5) is 0 Å². The van der Waals surface area contributed by atoms with Gasteiger partial charge in [0.2, 0.25) is 0 Å². The molecule has 0 atom stereocenters. The maximum Gasteiger partial charge on any atom is 0.424 e. The molecule has 0 aromatic rings. The predicted molar refractivity (Wildman–Crippen MR) is 85.2 cm³/mol. The van der Waals surface area contributed by atoms with Gasteiger partial charge < -0.3 is 4.39 Å². The molecule has 0 spiro atoms. The van der Waals surface area contributed by atoms with Crippen molar-refractivity contribution in [3.8, 4) is 0 Å². The van der Waals surface area contributed by atoms with Gasteiger partial charge in [-0.1, -0.05) is 40.0 Å². The molecule has 0 aromatic heterocycles. The first-order valence-electron chi connectivity index (χ1n) is 8.35. The van der Waals surface area contributed by atoms with Crippen LogP contribution in [0.3, 0.4) is 0 Å². The highest BCUT2D eigenvalue weighted by atomic mass is 15.0. The van der Waals surface area contributed by atoms with Gasteiger partial charge in [0.1, 0.15) is 6.51 Å². The fraction of sp³-hybridized carbons (Fsp3) is 1.00. The number of hydrogen-bond donors (Lipinski definition) is 0. The van der Waals surface area contributed by atoms with E-state index >= 15 is 0 Å². The molecule has 0 aromatic carbocycles. The van der Waals surface area contributed by atoms with Crippen LogP contribution >= 0.6 is 0 Å². The Balaban J connectivity index is 3.14. The lowest BCUT2D eigenvalue weighted by molar-refractivity contribution is -0.475. The fourth-order valence-electron chi connectivity index (χ4n) is 3.93. The van der Waals surface area contributed by atoms with Gasteiger partial charge in [0.15, 0.2) is 0 Å². The molecule has 0 aliphatic carbocycles. The van der Waals surface area contributed by atoms with Crippen LogP contribution in [0.5, 0.6) is 0 Å². The van der Waals surface area contributed by atoms with Crippen LogP contribution in [0.15, 0.2) is 0 Å². The Morgan fingerprint density at radius 1 is 1.00 bits per heavy atom. The van der Waals surface area contributed by atoms with Crippen molar-refractivity contribution in [2.24, 2.45) is 0 Å². The van der Waals surface area contributed by atoms with Crippen LogP contribution in [-0.2, 0) is 0 Å². The summed E-state index contributed by atoms with van der Waals surface area (Å²) >= 11 is 0. The van der Waals surface area contributed by atoms with Gasteiger partial charge in [-0.05, 0) is 32.9 Å². The normalized spacial score (nSPS) is 25.2. The molecule has 1 aliphatic rings. The number of nitrogens with zero attached hydrogens (tertiary/aromatic N) is 1. The minimum absolute atomic E-state index is 0.391. The predicted octanol–water partition coefficient (Wildman–Crippen LogP) is 5.05. The lowest BCUT2D eigenvalue weighted by atomic mass is 9.47. The molecule has 0 amide bonds. The van der Waals surface area contributed by atoms with Crippen molar-refractivity contribution in [2.75, 3.05) is 0 Å². The van der Waals surface area contributed by atoms with Gasteiger partial charge >= 0.3 is 6.85 Å². The lowest BCUT2D eigenvalue weighted by Crippen LogP contribution is -2.48. The van der Waals surface area contributed by atoms with Crippen molar-refractivity contribution in [3.05, 3.63) is 0 Å². The Morgan fingerprint density at radius 2 is 1.61 bits per heavy atom. The van der Waals surface area contributed by atoms with E-state index in [0.717, 1.165) is 13.4 Å². The van der Waals surface area contributed by atoms with Gasteiger partial charge in [-0.15, -0.1) is 12.6 Å². The van der Waals surface area contributed by atoms with E-state index in [1.807, 2.05) is 0 Å². The third-order valence-electron chi connectivity index (χ3n) is 4.98. The van der Waals surface area contributed by atoms with Crippen molar-refractivity contribution in [3.63, 3.8) is 0 Å². The first kappa shape index (κ1) is 16.0. The smallest absolute Gasteiger partial charge is 0.424 e. The maximum absolute atomic E-state index is 2.90. The Kier molecular flexibility index (Phi) is 6.66. The van der Waals surface area contributed by atoms with Crippen molar-refractivity contribution in [1.29, 1.82) is 0 Å². The van der Waals surface area contributed by atoms with Gasteiger partial charge in [-0.25, -0.2) is 0 Å². The summed E-state index contributed by atoms with van der Waals surface area (Å²) in [6.07, 6.45) is 12.5. The van der Waals surface area contributed by atoms with Crippen molar-refractivity contribution in [1.82, 2.24) is 0 Å². The minimum atomic E-state index is 0.391. The van der Waals surface area contributed by atoms with Crippen molar-refractivity contribution >= 4 is 13.4 Å². The Hall–Kier alpha value is -0.0701. The maximum atomic E-state index is 2.90. The molecule has 0 bridgehead atoms. The number of hydrogen-bond acceptors (Lipinski definition) is 0. The number of rotatable bonds is 4. The van der Waals surface area contributed by atoms with Crippen molar-refractivity contribution in [2.45, 2.75) is 97.5 Å². The molecule has 1 aliphatic heterocycles. The van der Waals surface area contributed by atoms with E-state index in [9.17, 15) is 0 Å². The molecular weight excluding hydrogens is 216 g/mol. The molecular formula is C15H33B2N. The van der Waals surface area contributed by atoms with Gasteiger partial charge in [0.25, 0.3) is 0 Å². The molecule has 0 N–H and O–H groups in total. The Bertz CT molecular complexity index is 280. The second kappa shape index (κ2) is 7.50. The van der Waals surface area contributed by atoms with Crippen LogP contribution in [0.2, 0.25) is 25.3 Å². The average molecular weight is 249 g/mol. The summed E-state index contributed by atoms with van der Waals surface area (Å²) in [5.41, 5.74) is 0.391. The molecule has 1 heterocycles. The summed E-state index contributed by atoms with van der Waals surface area (Å²) in [4.78, 5) is 0. The van der Waals surface area contributed by atoms with Gasteiger partial charge in [0.05, 0.1) is 5.54 Å². The van der Waals surface area contributed by atoms with E-state index in [1.165, 1.54) is 57.4 Å². The van der Waals surface area contributed by atoms with Gasteiger partial charge in [-0.3, -0.25) is 0 Å². The molecule has 1 rings (SSSR count). The Labute approximate surface area is 116 Å². The summed E-state index contributed by atoms with van der Waals surface area (Å²) in [6.45, 7) is 13.7. The highest BCUT2D eigenvalue weighted by Crippen LogP contribution is 2.25. The third kappa shape index (κ3) is 3.96. The molecule has 104 valence electrons. The molecule has 0 saturated carbocycles. The highest BCUT2D eigenvalue weighted by Gasteiger charge is 2.32. The van der Waals surface area contributed by atoms with E-state index in [-0.39, 0.29) is 0 Å². The summed E-state index contributed by atoms with van der Waals surface area (Å²) in [5, 5.41) is 0. The molecule has 0 saturated heterocycles. The van der Waals surface area contributed by atoms with E-state index in [1.54, 1.807) is 0 Å². The van der Waals surface area contributed by atoms with E-state index in [4.69, 9.17) is 0 Å². The fourth-order valence-corrected chi connectivity index (χ4v) is 3.93. The SMILES string of the molecule is CCB(CC)/[N+]1=[B-](\CC)CCCCCCC1(C)C. The quantitative estimate of drug-likeness (QED) is 0.613. The minimum Gasteiger partial charge on any atom is -0.586 e. The molecule has 1 nitrogen and oxygen atoms in total. The van der Waals surface area contributed by atoms with E-state index in [0.29, 0.717) is 5.54 Å². The zero-order valence-electron chi connectivity index (χ0n) is 13.5. The van der Waals surface area contributed by atoms with Crippen LogP contribution in [0.1, 0.15) is 66.7 Å². The summed E-state index contributed by atoms with van der Waals surface area (Å²) < 4.78 is 2.90. The monoisotopic (exact) mass is 249 g/mol. The highest BCUT2D eigenvalue weighted by molar-refractivity contribution is 6.56. The average Bonchev–Trinajstić information content (AvgIpc) is 2.42. The molecule has 3 heteroatoms. The molecule has 18 heavy (non-hydrogen) atoms. The summed E-state index contributed by atoms with van der Waals surface area (Å²) in [6, 6.07) is 0. The van der Waals surface area contributed by atoms with Crippen molar-refractivity contribution < 1.29 is 4.39 Å². The largest absolute Gasteiger partial charge is 0.586 e.